The Morgan fingerprint density at radius 1 is 1.00 bits per heavy atom. The second kappa shape index (κ2) is 10.9. The van der Waals surface area contributed by atoms with Crippen LogP contribution in [0, 0.1) is 0 Å². The Balaban J connectivity index is 1.73. The van der Waals surface area contributed by atoms with Crippen molar-refractivity contribution in [2.24, 2.45) is 0 Å². The van der Waals surface area contributed by atoms with Crippen LogP contribution in [-0.4, -0.2) is 42.5 Å². The van der Waals surface area contributed by atoms with Crippen LogP contribution in [0.1, 0.15) is 51.9 Å². The largest absolute Gasteiger partial charge is 0.326 e. The molecule has 1 saturated carbocycles. The molecule has 2 aromatic rings. The SMILES string of the molecule is CC(=O)Nc1ccc(N2C(=O)CC(N(C3CCCCCC3)S(=O)(=O)c3cc(Cl)ccc3Cl)C2=O)cc1. The summed E-state index contributed by atoms with van der Waals surface area (Å²) in [5.74, 6) is -1.36. The van der Waals surface area contributed by atoms with Gasteiger partial charge in [-0.2, -0.15) is 4.31 Å². The van der Waals surface area contributed by atoms with E-state index >= 15 is 0 Å². The van der Waals surface area contributed by atoms with Gasteiger partial charge in [0.25, 0.3) is 5.91 Å². The highest BCUT2D eigenvalue weighted by Gasteiger charge is 2.49. The number of hydrogen-bond donors (Lipinski definition) is 1. The summed E-state index contributed by atoms with van der Waals surface area (Å²) in [5, 5.41) is 2.83. The molecular weight excluding hydrogens is 525 g/mol. The summed E-state index contributed by atoms with van der Waals surface area (Å²) in [6.07, 6.45) is 4.49. The molecule has 1 heterocycles. The molecule has 0 spiro atoms. The highest BCUT2D eigenvalue weighted by atomic mass is 35.5. The number of nitrogens with one attached hydrogen (secondary N) is 1. The van der Waals surface area contributed by atoms with Crippen LogP contribution in [0.4, 0.5) is 11.4 Å². The number of carbonyl (C=O) groups is 3. The zero-order valence-corrected chi connectivity index (χ0v) is 22.1. The van der Waals surface area contributed by atoms with Crippen molar-refractivity contribution < 1.29 is 22.8 Å². The number of benzene rings is 2. The summed E-state index contributed by atoms with van der Waals surface area (Å²) in [7, 11) is -4.27. The quantitative estimate of drug-likeness (QED) is 0.402. The van der Waals surface area contributed by atoms with E-state index in [1.54, 1.807) is 24.3 Å². The Bertz CT molecular complexity index is 1280. The fraction of sp³-hybridized carbons (Fsp3) is 0.400. The number of amides is 3. The summed E-state index contributed by atoms with van der Waals surface area (Å²) in [6, 6.07) is 8.79. The van der Waals surface area contributed by atoms with Gasteiger partial charge in [-0.1, -0.05) is 48.9 Å². The fourth-order valence-electron chi connectivity index (χ4n) is 4.90. The molecule has 1 N–H and O–H groups in total. The van der Waals surface area contributed by atoms with Gasteiger partial charge in [0.15, 0.2) is 0 Å². The molecule has 36 heavy (non-hydrogen) atoms. The second-order valence-electron chi connectivity index (χ2n) is 9.07. The van der Waals surface area contributed by atoms with Crippen LogP contribution in [0.2, 0.25) is 10.0 Å². The first-order valence-electron chi connectivity index (χ1n) is 11.8. The predicted octanol–water partition coefficient (Wildman–Crippen LogP) is 5.00. The number of halogens is 2. The predicted molar refractivity (Wildman–Crippen MR) is 139 cm³/mol. The van der Waals surface area contributed by atoms with Crippen LogP contribution >= 0.6 is 23.2 Å². The summed E-state index contributed by atoms with van der Waals surface area (Å²) in [6.45, 7) is 1.38. The maximum Gasteiger partial charge on any atom is 0.252 e. The molecule has 3 amide bonds. The number of carbonyl (C=O) groups excluding carboxylic acids is 3. The number of nitrogens with zero attached hydrogens (tertiary/aromatic N) is 2. The molecule has 2 fully saturated rings. The molecule has 1 unspecified atom stereocenters. The standard InChI is InChI=1S/C25H27Cl2N3O5S/c1-16(31)28-18-9-11-19(12-10-18)29-24(32)15-22(25(29)33)30(20-6-4-2-3-5-7-20)36(34,35)23-14-17(26)8-13-21(23)27/h8-14,20,22H,2-7,15H2,1H3,(H,28,31). The summed E-state index contributed by atoms with van der Waals surface area (Å²) >= 11 is 12.4. The van der Waals surface area contributed by atoms with E-state index in [9.17, 15) is 22.8 Å². The Labute approximate surface area is 220 Å². The third kappa shape index (κ3) is 5.44. The van der Waals surface area contributed by atoms with Crippen LogP contribution in [0.15, 0.2) is 47.4 Å². The Morgan fingerprint density at radius 2 is 1.64 bits per heavy atom. The van der Waals surface area contributed by atoms with Gasteiger partial charge in [-0.3, -0.25) is 14.4 Å². The van der Waals surface area contributed by atoms with E-state index in [-0.39, 0.29) is 27.3 Å². The number of imide groups is 1. The van der Waals surface area contributed by atoms with Crippen molar-refractivity contribution in [3.05, 3.63) is 52.5 Å². The van der Waals surface area contributed by atoms with Crippen LogP contribution in [0.25, 0.3) is 0 Å². The maximum atomic E-state index is 14.0. The van der Waals surface area contributed by atoms with E-state index in [1.165, 1.54) is 29.4 Å². The van der Waals surface area contributed by atoms with Crippen molar-refractivity contribution in [3.63, 3.8) is 0 Å². The molecule has 8 nitrogen and oxygen atoms in total. The van der Waals surface area contributed by atoms with Crippen LogP contribution in [-0.2, 0) is 24.4 Å². The highest BCUT2D eigenvalue weighted by Crippen LogP contribution is 2.37. The van der Waals surface area contributed by atoms with E-state index in [0.29, 0.717) is 24.2 Å². The van der Waals surface area contributed by atoms with Crippen molar-refractivity contribution in [3.8, 4) is 0 Å². The second-order valence-corrected chi connectivity index (χ2v) is 11.7. The molecule has 1 atom stereocenters. The average Bonchev–Trinajstić information content (AvgIpc) is 2.97. The topological polar surface area (TPSA) is 104 Å². The number of anilines is 2. The number of sulfonamides is 1. The van der Waals surface area contributed by atoms with Gasteiger partial charge in [0.1, 0.15) is 10.9 Å². The molecule has 192 valence electrons. The Hall–Kier alpha value is -2.46. The number of hydrogen-bond acceptors (Lipinski definition) is 5. The normalized spacial score (nSPS) is 19.6. The van der Waals surface area contributed by atoms with Crippen molar-refractivity contribution in [2.75, 3.05) is 10.2 Å². The van der Waals surface area contributed by atoms with Gasteiger partial charge in [0, 0.05) is 23.7 Å². The van der Waals surface area contributed by atoms with Crippen molar-refractivity contribution in [1.29, 1.82) is 0 Å². The van der Waals surface area contributed by atoms with Gasteiger partial charge in [-0.15, -0.1) is 0 Å². The molecule has 0 radical (unpaired) electrons. The van der Waals surface area contributed by atoms with E-state index in [1.807, 2.05) is 0 Å². The van der Waals surface area contributed by atoms with Crippen LogP contribution in [0.5, 0.6) is 0 Å². The van der Waals surface area contributed by atoms with Gasteiger partial charge in [0.05, 0.1) is 17.1 Å². The third-order valence-corrected chi connectivity index (χ3v) is 9.19. The first-order valence-corrected chi connectivity index (χ1v) is 14.0. The Morgan fingerprint density at radius 3 is 2.25 bits per heavy atom. The van der Waals surface area contributed by atoms with Gasteiger partial charge < -0.3 is 5.32 Å². The van der Waals surface area contributed by atoms with Crippen LogP contribution < -0.4 is 10.2 Å². The lowest BCUT2D eigenvalue weighted by Crippen LogP contribution is -2.50. The monoisotopic (exact) mass is 551 g/mol. The van der Waals surface area contributed by atoms with Crippen molar-refractivity contribution in [1.82, 2.24) is 4.31 Å². The van der Waals surface area contributed by atoms with Crippen LogP contribution in [0.3, 0.4) is 0 Å². The molecule has 1 aliphatic carbocycles. The third-order valence-electron chi connectivity index (χ3n) is 6.51. The van der Waals surface area contributed by atoms with E-state index in [0.717, 1.165) is 30.6 Å². The van der Waals surface area contributed by atoms with Gasteiger partial charge >= 0.3 is 0 Å². The average molecular weight is 552 g/mol. The van der Waals surface area contributed by atoms with Gasteiger partial charge in [-0.25, -0.2) is 13.3 Å². The molecule has 0 bridgehead atoms. The summed E-state index contributed by atoms with van der Waals surface area (Å²) in [4.78, 5) is 38.8. The first-order chi connectivity index (χ1) is 17.1. The smallest absolute Gasteiger partial charge is 0.252 e. The molecule has 11 heteroatoms. The lowest BCUT2D eigenvalue weighted by atomic mass is 10.1. The lowest BCUT2D eigenvalue weighted by molar-refractivity contribution is -0.122. The summed E-state index contributed by atoms with van der Waals surface area (Å²) in [5.41, 5.74) is 0.820. The summed E-state index contributed by atoms with van der Waals surface area (Å²) < 4.78 is 29.2. The van der Waals surface area contributed by atoms with Gasteiger partial charge in [-0.05, 0) is 55.3 Å². The molecule has 0 aromatic heterocycles. The highest BCUT2D eigenvalue weighted by molar-refractivity contribution is 7.89. The maximum absolute atomic E-state index is 14.0. The first kappa shape index (κ1) is 26.6. The molecule has 1 aliphatic heterocycles. The zero-order valence-electron chi connectivity index (χ0n) is 19.7. The minimum atomic E-state index is -4.27. The molecular formula is C25H27Cl2N3O5S. The van der Waals surface area contributed by atoms with E-state index < -0.39 is 33.9 Å². The fourth-order valence-corrected chi connectivity index (χ4v) is 7.47. The van der Waals surface area contributed by atoms with E-state index in [4.69, 9.17) is 23.2 Å². The molecule has 4 rings (SSSR count). The molecule has 2 aromatic carbocycles. The molecule has 2 aliphatic rings. The minimum absolute atomic E-state index is 0.000195. The van der Waals surface area contributed by atoms with Crippen molar-refractivity contribution >= 4 is 62.3 Å². The Kier molecular flexibility index (Phi) is 8.04. The zero-order chi connectivity index (χ0) is 26.0. The van der Waals surface area contributed by atoms with E-state index in [2.05, 4.69) is 5.32 Å². The van der Waals surface area contributed by atoms with Gasteiger partial charge in [0.2, 0.25) is 21.8 Å². The lowest BCUT2D eigenvalue weighted by Gasteiger charge is -2.34. The van der Waals surface area contributed by atoms with Crippen molar-refractivity contribution in [2.45, 2.75) is 68.8 Å². The number of rotatable bonds is 6. The minimum Gasteiger partial charge on any atom is -0.326 e. The molecule has 1 saturated heterocycles.